The van der Waals surface area contributed by atoms with Gasteiger partial charge in [0.15, 0.2) is 6.10 Å². The first-order valence-electron chi connectivity index (χ1n) is 10.2. The predicted molar refractivity (Wildman–Crippen MR) is 117 cm³/mol. The number of amides is 1. The number of carbonyl (C=O) groups is 1. The average Bonchev–Trinajstić information content (AvgIpc) is 2.72. The second-order valence-corrected chi connectivity index (χ2v) is 8.09. The van der Waals surface area contributed by atoms with Gasteiger partial charge in [-0.15, -0.1) is 12.4 Å². The highest BCUT2D eigenvalue weighted by Crippen LogP contribution is 2.28. The molecular formula is C22H29ClN2O5. The molecule has 164 valence electrons. The zero-order chi connectivity index (χ0) is 20.6. The molecule has 1 aromatic heterocycles. The minimum atomic E-state index is -0.620. The van der Waals surface area contributed by atoms with Crippen molar-refractivity contribution in [3.8, 4) is 5.75 Å². The van der Waals surface area contributed by atoms with Gasteiger partial charge in [0.05, 0.1) is 12.2 Å². The summed E-state index contributed by atoms with van der Waals surface area (Å²) in [5.41, 5.74) is 1.49. The van der Waals surface area contributed by atoms with Crippen LogP contribution in [0.25, 0.3) is 11.0 Å². The number of benzene rings is 1. The summed E-state index contributed by atoms with van der Waals surface area (Å²) in [4.78, 5) is 26.7. The van der Waals surface area contributed by atoms with Gasteiger partial charge in [0.1, 0.15) is 11.3 Å². The molecule has 3 heterocycles. The first-order valence-corrected chi connectivity index (χ1v) is 10.2. The normalized spacial score (nSPS) is 19.4. The Morgan fingerprint density at radius 1 is 1.23 bits per heavy atom. The zero-order valence-electron chi connectivity index (χ0n) is 17.7. The Morgan fingerprint density at radius 2 is 1.97 bits per heavy atom. The van der Waals surface area contributed by atoms with Crippen LogP contribution < -0.4 is 15.7 Å². The molecule has 1 atom stereocenters. The van der Waals surface area contributed by atoms with Crippen LogP contribution in [-0.4, -0.2) is 55.3 Å². The van der Waals surface area contributed by atoms with E-state index in [0.29, 0.717) is 30.0 Å². The van der Waals surface area contributed by atoms with Crippen LogP contribution in [0.15, 0.2) is 27.4 Å². The van der Waals surface area contributed by atoms with E-state index in [1.165, 1.54) is 0 Å². The Hall–Kier alpha value is -2.09. The van der Waals surface area contributed by atoms with Crippen LogP contribution in [0, 0.1) is 13.8 Å². The number of nitrogens with one attached hydrogen (secondary N) is 1. The third-order valence-corrected chi connectivity index (χ3v) is 6.21. The number of fused-ring (bicyclic) bond motifs is 1. The van der Waals surface area contributed by atoms with E-state index in [4.69, 9.17) is 13.9 Å². The van der Waals surface area contributed by atoms with Gasteiger partial charge in [-0.1, -0.05) is 0 Å². The number of piperidine rings is 1. The maximum absolute atomic E-state index is 12.9. The molecule has 1 amide bonds. The summed E-state index contributed by atoms with van der Waals surface area (Å²) in [6.45, 7) is 9.20. The van der Waals surface area contributed by atoms with E-state index in [1.807, 2.05) is 24.0 Å². The van der Waals surface area contributed by atoms with Gasteiger partial charge in [0, 0.05) is 43.2 Å². The molecule has 30 heavy (non-hydrogen) atoms. The second-order valence-electron chi connectivity index (χ2n) is 8.09. The van der Waals surface area contributed by atoms with Crippen molar-refractivity contribution in [2.45, 2.75) is 45.3 Å². The summed E-state index contributed by atoms with van der Waals surface area (Å²) < 4.78 is 17.3. The molecule has 0 saturated carbocycles. The van der Waals surface area contributed by atoms with E-state index in [1.54, 1.807) is 19.9 Å². The van der Waals surface area contributed by atoms with Crippen LogP contribution in [0.2, 0.25) is 0 Å². The number of morpholine rings is 1. The minimum absolute atomic E-state index is 0. The number of halogens is 1. The number of rotatable bonds is 3. The number of hydrogen-bond donors (Lipinski definition) is 1. The largest absolute Gasteiger partial charge is 0.481 e. The lowest BCUT2D eigenvalue weighted by Crippen LogP contribution is -2.57. The Kier molecular flexibility index (Phi) is 6.75. The van der Waals surface area contributed by atoms with E-state index < -0.39 is 6.10 Å². The smallest absolute Gasteiger partial charge is 0.339 e. The van der Waals surface area contributed by atoms with E-state index in [2.05, 4.69) is 5.32 Å². The number of likely N-dealkylation sites (tertiary alicyclic amines) is 1. The number of hydrogen-bond acceptors (Lipinski definition) is 6. The molecule has 8 heteroatoms. The lowest BCUT2D eigenvalue weighted by Gasteiger charge is -2.44. The molecule has 1 spiro atoms. The van der Waals surface area contributed by atoms with E-state index in [-0.39, 0.29) is 29.5 Å². The van der Waals surface area contributed by atoms with Crippen LogP contribution in [0.1, 0.15) is 30.9 Å². The van der Waals surface area contributed by atoms with Gasteiger partial charge >= 0.3 is 5.63 Å². The van der Waals surface area contributed by atoms with Crippen molar-refractivity contribution >= 4 is 29.3 Å². The van der Waals surface area contributed by atoms with Crippen molar-refractivity contribution in [3.05, 3.63) is 39.7 Å². The van der Waals surface area contributed by atoms with Gasteiger partial charge in [-0.25, -0.2) is 4.79 Å². The Labute approximate surface area is 182 Å². The average molecular weight is 437 g/mol. The van der Waals surface area contributed by atoms with Crippen molar-refractivity contribution < 1.29 is 18.7 Å². The molecule has 7 nitrogen and oxygen atoms in total. The van der Waals surface area contributed by atoms with Gasteiger partial charge in [0.2, 0.25) is 0 Å². The highest BCUT2D eigenvalue weighted by molar-refractivity contribution is 5.85. The molecule has 1 aromatic carbocycles. The SMILES string of the molecule is Cc1c(C)c2ccc(OC(C)C(=O)N3CCC4(CC3)CNCCO4)cc2oc1=O.Cl. The molecule has 1 unspecified atom stereocenters. The summed E-state index contributed by atoms with van der Waals surface area (Å²) in [6.07, 6.45) is 1.04. The molecule has 2 aliphatic heterocycles. The first kappa shape index (κ1) is 22.6. The van der Waals surface area contributed by atoms with Crippen LogP contribution in [0.3, 0.4) is 0 Å². The maximum atomic E-state index is 12.9. The molecule has 2 saturated heterocycles. The monoisotopic (exact) mass is 436 g/mol. The molecule has 2 aromatic rings. The predicted octanol–water partition coefficient (Wildman–Crippen LogP) is 2.58. The van der Waals surface area contributed by atoms with Crippen molar-refractivity contribution in [1.82, 2.24) is 10.2 Å². The fraction of sp³-hybridized carbons (Fsp3) is 0.545. The van der Waals surface area contributed by atoms with Crippen molar-refractivity contribution in [3.63, 3.8) is 0 Å². The highest BCUT2D eigenvalue weighted by Gasteiger charge is 2.39. The summed E-state index contributed by atoms with van der Waals surface area (Å²) in [5.74, 6) is 0.475. The molecule has 0 radical (unpaired) electrons. The Balaban J connectivity index is 0.00000256. The van der Waals surface area contributed by atoms with Crippen molar-refractivity contribution in [2.24, 2.45) is 0 Å². The van der Waals surface area contributed by atoms with Crippen LogP contribution in [-0.2, 0) is 9.53 Å². The van der Waals surface area contributed by atoms with Gasteiger partial charge in [-0.2, -0.15) is 0 Å². The van der Waals surface area contributed by atoms with Gasteiger partial charge in [0.25, 0.3) is 5.91 Å². The standard InChI is InChI=1S/C22H28N2O5.ClH/c1-14-15(2)21(26)29-19-12-17(4-5-18(14)19)28-16(3)20(25)24-9-6-22(7-10-24)13-23-8-11-27-22;/h4-5,12,16,23H,6-11,13H2,1-3H3;1H. The molecule has 0 bridgehead atoms. The van der Waals surface area contributed by atoms with Gasteiger partial charge in [-0.3, -0.25) is 4.79 Å². The van der Waals surface area contributed by atoms with Crippen molar-refractivity contribution in [2.75, 3.05) is 32.8 Å². The minimum Gasteiger partial charge on any atom is -0.481 e. The maximum Gasteiger partial charge on any atom is 0.339 e. The molecular weight excluding hydrogens is 408 g/mol. The lowest BCUT2D eigenvalue weighted by molar-refractivity contribution is -0.146. The summed E-state index contributed by atoms with van der Waals surface area (Å²) >= 11 is 0. The number of aryl methyl sites for hydroxylation is 1. The first-order chi connectivity index (χ1) is 13.9. The zero-order valence-corrected chi connectivity index (χ0v) is 18.5. The molecule has 2 aliphatic rings. The lowest BCUT2D eigenvalue weighted by atomic mass is 9.90. The Morgan fingerprint density at radius 3 is 2.63 bits per heavy atom. The van der Waals surface area contributed by atoms with E-state index >= 15 is 0 Å². The van der Waals surface area contributed by atoms with Crippen molar-refractivity contribution in [1.29, 1.82) is 0 Å². The fourth-order valence-corrected chi connectivity index (χ4v) is 4.18. The third kappa shape index (κ3) is 4.33. The molecule has 2 fully saturated rings. The summed E-state index contributed by atoms with van der Waals surface area (Å²) in [6, 6.07) is 5.36. The Bertz CT molecular complexity index is 973. The number of ether oxygens (including phenoxy) is 2. The number of nitrogens with zero attached hydrogens (tertiary/aromatic N) is 1. The third-order valence-electron chi connectivity index (χ3n) is 6.21. The number of carbonyl (C=O) groups excluding carboxylic acids is 1. The van der Waals surface area contributed by atoms with Crippen LogP contribution in [0.4, 0.5) is 0 Å². The van der Waals surface area contributed by atoms with E-state index in [0.717, 1.165) is 43.5 Å². The quantitative estimate of drug-likeness (QED) is 0.745. The highest BCUT2D eigenvalue weighted by atomic mass is 35.5. The van der Waals surface area contributed by atoms with Gasteiger partial charge < -0.3 is 24.1 Å². The van der Waals surface area contributed by atoms with Crippen LogP contribution in [0.5, 0.6) is 5.75 Å². The molecule has 1 N–H and O–H groups in total. The van der Waals surface area contributed by atoms with Crippen LogP contribution >= 0.6 is 12.4 Å². The summed E-state index contributed by atoms with van der Waals surface area (Å²) in [7, 11) is 0. The molecule has 4 rings (SSSR count). The molecule has 0 aliphatic carbocycles. The van der Waals surface area contributed by atoms with E-state index in [9.17, 15) is 9.59 Å². The topological polar surface area (TPSA) is 81.0 Å². The van der Waals surface area contributed by atoms with Gasteiger partial charge in [-0.05, 0) is 51.3 Å². The second kappa shape index (κ2) is 8.96. The summed E-state index contributed by atoms with van der Waals surface area (Å²) in [5, 5.41) is 4.26. The fourth-order valence-electron chi connectivity index (χ4n) is 4.18.